The van der Waals surface area contributed by atoms with Gasteiger partial charge in [0.2, 0.25) is 11.8 Å². The van der Waals surface area contributed by atoms with E-state index in [4.69, 9.17) is 5.73 Å². The highest BCUT2D eigenvalue weighted by Gasteiger charge is 2.31. The molecule has 2 N–H and O–H groups in total. The molecule has 1 aromatic rings. The summed E-state index contributed by atoms with van der Waals surface area (Å²) < 4.78 is 0. The molecule has 0 spiro atoms. The van der Waals surface area contributed by atoms with E-state index < -0.39 is 0 Å². The van der Waals surface area contributed by atoms with Crippen molar-refractivity contribution in [2.45, 2.75) is 45.6 Å². The molecule has 1 unspecified atom stereocenters. The van der Waals surface area contributed by atoms with Crippen LogP contribution in [0.5, 0.6) is 0 Å². The van der Waals surface area contributed by atoms with Gasteiger partial charge in [0.05, 0.1) is 0 Å². The topological polar surface area (TPSA) is 63.4 Å². The first-order chi connectivity index (χ1) is 9.88. The van der Waals surface area contributed by atoms with Crippen LogP contribution in [0, 0.1) is 5.92 Å². The lowest BCUT2D eigenvalue weighted by molar-refractivity contribution is -0.150. The fraction of sp³-hybridized carbons (Fsp3) is 0.529. The lowest BCUT2D eigenvalue weighted by Crippen LogP contribution is -2.45. The molecule has 0 bridgehead atoms. The second kappa shape index (κ2) is 6.39. The van der Waals surface area contributed by atoms with Crippen LogP contribution in [0.25, 0.3) is 0 Å². The zero-order chi connectivity index (χ0) is 15.6. The summed E-state index contributed by atoms with van der Waals surface area (Å²) in [5, 5.41) is 0. The van der Waals surface area contributed by atoms with Crippen LogP contribution >= 0.6 is 0 Å². The first-order valence-corrected chi connectivity index (χ1v) is 7.57. The summed E-state index contributed by atoms with van der Waals surface area (Å²) in [5.41, 5.74) is 8.38. The summed E-state index contributed by atoms with van der Waals surface area (Å²) in [5.74, 6) is 0.408. The van der Waals surface area contributed by atoms with Crippen LogP contribution in [-0.2, 0) is 9.59 Å². The molecule has 1 saturated heterocycles. The van der Waals surface area contributed by atoms with Crippen molar-refractivity contribution in [3.63, 3.8) is 0 Å². The molecular formula is C17H24N2O2. The van der Waals surface area contributed by atoms with Crippen LogP contribution in [0.2, 0.25) is 0 Å². The molecule has 1 aromatic carbocycles. The maximum atomic E-state index is 12.0. The molecular weight excluding hydrogens is 264 g/mol. The molecule has 2 rings (SSSR count). The molecule has 1 heterocycles. The lowest BCUT2D eigenvalue weighted by atomic mass is 9.96. The molecule has 114 valence electrons. The van der Waals surface area contributed by atoms with Crippen molar-refractivity contribution in [1.29, 1.82) is 0 Å². The van der Waals surface area contributed by atoms with E-state index in [0.29, 0.717) is 18.8 Å². The summed E-state index contributed by atoms with van der Waals surface area (Å²) in [6.07, 6.45) is 0.871. The average Bonchev–Trinajstić information content (AvgIpc) is 2.42. The molecule has 0 aromatic heterocycles. The van der Waals surface area contributed by atoms with Gasteiger partial charge in [-0.25, -0.2) is 0 Å². The highest BCUT2D eigenvalue weighted by atomic mass is 16.2. The summed E-state index contributed by atoms with van der Waals surface area (Å²) in [4.78, 5) is 25.3. The number of imide groups is 1. The Balaban J connectivity index is 2.05. The molecule has 4 nitrogen and oxygen atoms in total. The van der Waals surface area contributed by atoms with Crippen LogP contribution in [0.3, 0.4) is 0 Å². The molecule has 0 saturated carbocycles. The van der Waals surface area contributed by atoms with Gasteiger partial charge in [0.25, 0.3) is 0 Å². The van der Waals surface area contributed by atoms with E-state index in [0.717, 1.165) is 5.56 Å². The first kappa shape index (κ1) is 15.7. The van der Waals surface area contributed by atoms with Crippen molar-refractivity contribution in [2.75, 3.05) is 6.54 Å². The van der Waals surface area contributed by atoms with E-state index in [2.05, 4.69) is 26.0 Å². The molecule has 4 heteroatoms. The smallest absolute Gasteiger partial charge is 0.229 e. The van der Waals surface area contributed by atoms with Gasteiger partial charge in [0.15, 0.2) is 0 Å². The number of nitrogens with zero attached hydrogens (tertiary/aromatic N) is 1. The standard InChI is InChI=1S/C17H24N2O2/c1-11(2)13-4-6-14(7-5-13)15(18)10-19-16(20)8-12(3)9-17(19)21/h4-7,11-12,15H,8-10,18H2,1-3H3. The predicted molar refractivity (Wildman–Crippen MR) is 82.6 cm³/mol. The highest BCUT2D eigenvalue weighted by molar-refractivity contribution is 5.97. The van der Waals surface area contributed by atoms with Crippen LogP contribution in [0.4, 0.5) is 0 Å². The number of nitrogens with two attached hydrogens (primary N) is 1. The molecule has 2 amide bonds. The summed E-state index contributed by atoms with van der Waals surface area (Å²) in [7, 11) is 0. The molecule has 0 aliphatic carbocycles. The normalized spacial score (nSPS) is 18.4. The number of hydrogen-bond acceptors (Lipinski definition) is 3. The third-order valence-electron chi connectivity index (χ3n) is 4.06. The maximum Gasteiger partial charge on any atom is 0.229 e. The van der Waals surface area contributed by atoms with E-state index in [-0.39, 0.29) is 30.3 Å². The number of amides is 2. The van der Waals surface area contributed by atoms with Gasteiger partial charge < -0.3 is 5.73 Å². The molecule has 21 heavy (non-hydrogen) atoms. The second-order valence-corrected chi connectivity index (χ2v) is 6.34. The van der Waals surface area contributed by atoms with E-state index in [1.54, 1.807) is 0 Å². The molecule has 1 aliphatic heterocycles. The van der Waals surface area contributed by atoms with E-state index in [1.807, 2.05) is 19.1 Å². The molecule has 1 fully saturated rings. The van der Waals surface area contributed by atoms with E-state index in [1.165, 1.54) is 10.5 Å². The summed E-state index contributed by atoms with van der Waals surface area (Å²) in [6, 6.07) is 7.76. The van der Waals surface area contributed by atoms with Crippen LogP contribution in [-0.4, -0.2) is 23.3 Å². The van der Waals surface area contributed by atoms with Crippen molar-refractivity contribution in [2.24, 2.45) is 11.7 Å². The zero-order valence-electron chi connectivity index (χ0n) is 13.0. The second-order valence-electron chi connectivity index (χ2n) is 6.34. The third-order valence-corrected chi connectivity index (χ3v) is 4.06. The van der Waals surface area contributed by atoms with Crippen LogP contribution in [0.1, 0.15) is 56.7 Å². The number of carbonyl (C=O) groups is 2. The van der Waals surface area contributed by atoms with Gasteiger partial charge >= 0.3 is 0 Å². The Bertz CT molecular complexity index is 504. The van der Waals surface area contributed by atoms with Gasteiger partial charge in [-0.15, -0.1) is 0 Å². The largest absolute Gasteiger partial charge is 0.322 e. The average molecular weight is 288 g/mol. The highest BCUT2D eigenvalue weighted by Crippen LogP contribution is 2.22. The Morgan fingerprint density at radius 1 is 1.10 bits per heavy atom. The van der Waals surface area contributed by atoms with Gasteiger partial charge in [0, 0.05) is 25.4 Å². The Morgan fingerprint density at radius 2 is 1.57 bits per heavy atom. The fourth-order valence-electron chi connectivity index (χ4n) is 2.66. The first-order valence-electron chi connectivity index (χ1n) is 7.57. The predicted octanol–water partition coefficient (Wildman–Crippen LogP) is 2.59. The molecule has 1 aliphatic rings. The van der Waals surface area contributed by atoms with Crippen molar-refractivity contribution in [3.05, 3.63) is 35.4 Å². The Morgan fingerprint density at radius 3 is 2.05 bits per heavy atom. The fourth-order valence-corrected chi connectivity index (χ4v) is 2.66. The number of benzene rings is 1. The number of carbonyl (C=O) groups excluding carboxylic acids is 2. The Labute approximate surface area is 126 Å². The summed E-state index contributed by atoms with van der Waals surface area (Å²) in [6.45, 7) is 6.48. The SMILES string of the molecule is CC1CC(=O)N(CC(N)c2ccc(C(C)C)cc2)C(=O)C1. The number of likely N-dealkylation sites (tertiary alicyclic amines) is 1. The Kier molecular flexibility index (Phi) is 4.78. The van der Waals surface area contributed by atoms with Crippen molar-refractivity contribution < 1.29 is 9.59 Å². The third kappa shape index (κ3) is 3.70. The number of hydrogen-bond donors (Lipinski definition) is 1. The zero-order valence-corrected chi connectivity index (χ0v) is 13.0. The van der Waals surface area contributed by atoms with Gasteiger partial charge in [-0.1, -0.05) is 45.0 Å². The van der Waals surface area contributed by atoms with Crippen molar-refractivity contribution in [3.8, 4) is 0 Å². The van der Waals surface area contributed by atoms with Gasteiger partial charge in [-0.3, -0.25) is 14.5 Å². The van der Waals surface area contributed by atoms with Gasteiger partial charge in [-0.05, 0) is 23.0 Å². The number of rotatable bonds is 4. The molecule has 0 radical (unpaired) electrons. The van der Waals surface area contributed by atoms with Gasteiger partial charge in [0.1, 0.15) is 0 Å². The quantitative estimate of drug-likeness (QED) is 0.866. The van der Waals surface area contributed by atoms with Crippen LogP contribution < -0.4 is 5.73 Å². The minimum absolute atomic E-state index is 0.104. The molecule has 1 atom stereocenters. The van der Waals surface area contributed by atoms with E-state index in [9.17, 15) is 9.59 Å². The summed E-state index contributed by atoms with van der Waals surface area (Å²) >= 11 is 0. The number of piperidine rings is 1. The Hall–Kier alpha value is -1.68. The minimum atomic E-state index is -0.326. The monoisotopic (exact) mass is 288 g/mol. The van der Waals surface area contributed by atoms with Crippen molar-refractivity contribution in [1.82, 2.24) is 4.90 Å². The maximum absolute atomic E-state index is 12.0. The van der Waals surface area contributed by atoms with E-state index >= 15 is 0 Å². The lowest BCUT2D eigenvalue weighted by Gasteiger charge is -2.30. The van der Waals surface area contributed by atoms with Crippen LogP contribution in [0.15, 0.2) is 24.3 Å². The van der Waals surface area contributed by atoms with Gasteiger partial charge in [-0.2, -0.15) is 0 Å². The van der Waals surface area contributed by atoms with Crippen molar-refractivity contribution >= 4 is 11.8 Å². The minimum Gasteiger partial charge on any atom is -0.322 e.